The quantitative estimate of drug-likeness (QED) is 0.413. The zero-order chi connectivity index (χ0) is 24.0. The number of carbonyl (C=O) groups is 1. The van der Waals surface area contributed by atoms with Gasteiger partial charge in [-0.1, -0.05) is 48.5 Å². The van der Waals surface area contributed by atoms with Crippen molar-refractivity contribution in [2.75, 3.05) is 6.54 Å². The molecule has 2 N–H and O–H groups in total. The van der Waals surface area contributed by atoms with Crippen LogP contribution in [0.15, 0.2) is 79.0 Å². The first-order valence-electron chi connectivity index (χ1n) is 12.0. The molecule has 0 fully saturated rings. The van der Waals surface area contributed by atoms with Crippen molar-refractivity contribution in [3.8, 4) is 5.75 Å². The zero-order valence-electron chi connectivity index (χ0n) is 19.6. The summed E-state index contributed by atoms with van der Waals surface area (Å²) < 4.78 is 2.02. The number of nitrogens with one attached hydrogen (secondary N) is 1. The van der Waals surface area contributed by atoms with Crippen molar-refractivity contribution in [1.29, 1.82) is 0 Å². The number of nitrogens with zero attached hydrogens (tertiary/aromatic N) is 4. The Labute approximate surface area is 205 Å². The fraction of sp³-hybridized carbons (Fsp3) is 0.250. The normalized spacial score (nSPS) is 13.4. The Kier molecular flexibility index (Phi) is 6.86. The molecule has 0 saturated carbocycles. The number of amides is 1. The molecule has 0 unspecified atom stereocenters. The van der Waals surface area contributed by atoms with E-state index in [1.807, 2.05) is 53.2 Å². The summed E-state index contributed by atoms with van der Waals surface area (Å²) in [6, 6.07) is 23.4. The summed E-state index contributed by atoms with van der Waals surface area (Å²) in [5.41, 5.74) is 5.72. The first kappa shape index (κ1) is 22.8. The summed E-state index contributed by atoms with van der Waals surface area (Å²) in [6.07, 6.45) is 3.40. The number of rotatable bonds is 8. The number of hydrogen-bond acceptors (Lipinski definition) is 5. The maximum atomic E-state index is 13.2. The van der Waals surface area contributed by atoms with Gasteiger partial charge in [-0.3, -0.25) is 19.4 Å². The number of carbonyl (C=O) groups excluding carboxylic acids is 1. The van der Waals surface area contributed by atoms with E-state index in [9.17, 15) is 9.90 Å². The van der Waals surface area contributed by atoms with Gasteiger partial charge in [0.15, 0.2) is 5.69 Å². The molecule has 1 amide bonds. The van der Waals surface area contributed by atoms with Crippen LogP contribution in [-0.2, 0) is 39.0 Å². The predicted molar refractivity (Wildman–Crippen MR) is 134 cm³/mol. The van der Waals surface area contributed by atoms with Crippen molar-refractivity contribution in [3.05, 3.63) is 113 Å². The van der Waals surface area contributed by atoms with Gasteiger partial charge in [-0.05, 0) is 41.8 Å². The lowest BCUT2D eigenvalue weighted by Gasteiger charge is -2.27. The zero-order valence-corrected chi connectivity index (χ0v) is 19.6. The highest BCUT2D eigenvalue weighted by Crippen LogP contribution is 2.25. The van der Waals surface area contributed by atoms with Crippen LogP contribution in [0.1, 0.15) is 38.6 Å². The van der Waals surface area contributed by atoms with Crippen molar-refractivity contribution < 1.29 is 9.90 Å². The summed E-state index contributed by atoms with van der Waals surface area (Å²) in [5.74, 6) is 0.0908. The minimum Gasteiger partial charge on any atom is -0.508 e. The molecule has 7 heteroatoms. The van der Waals surface area contributed by atoms with Gasteiger partial charge in [-0.2, -0.15) is 5.10 Å². The molecule has 3 heterocycles. The second-order valence-electron chi connectivity index (χ2n) is 8.87. The van der Waals surface area contributed by atoms with Crippen molar-refractivity contribution >= 4 is 5.91 Å². The third-order valence-corrected chi connectivity index (χ3v) is 6.36. The first-order chi connectivity index (χ1) is 17.2. The molecular weight excluding hydrogens is 438 g/mol. The molecule has 178 valence electrons. The molecule has 0 aliphatic carbocycles. The number of benzene rings is 2. The van der Waals surface area contributed by atoms with Crippen LogP contribution in [0, 0.1) is 0 Å². The summed E-state index contributed by atoms with van der Waals surface area (Å²) >= 11 is 0. The number of pyridine rings is 1. The van der Waals surface area contributed by atoms with E-state index in [2.05, 4.69) is 27.3 Å². The Morgan fingerprint density at radius 3 is 2.63 bits per heavy atom. The lowest BCUT2D eigenvalue weighted by molar-refractivity contribution is 0.0942. The third kappa shape index (κ3) is 5.58. The molecule has 1 aliphatic rings. The fourth-order valence-electron chi connectivity index (χ4n) is 4.60. The molecule has 7 nitrogen and oxygen atoms in total. The van der Waals surface area contributed by atoms with Crippen LogP contribution in [0.25, 0.3) is 0 Å². The van der Waals surface area contributed by atoms with E-state index in [1.54, 1.807) is 18.3 Å². The number of aryl methyl sites for hydroxylation is 2. The van der Waals surface area contributed by atoms with Gasteiger partial charge in [0.1, 0.15) is 5.75 Å². The van der Waals surface area contributed by atoms with E-state index < -0.39 is 0 Å². The Morgan fingerprint density at radius 2 is 1.83 bits per heavy atom. The van der Waals surface area contributed by atoms with E-state index in [4.69, 9.17) is 5.10 Å². The van der Waals surface area contributed by atoms with Crippen molar-refractivity contribution in [2.45, 2.75) is 39.0 Å². The Hall–Kier alpha value is -3.97. The molecule has 4 aromatic rings. The van der Waals surface area contributed by atoms with Gasteiger partial charge in [0, 0.05) is 50.1 Å². The van der Waals surface area contributed by atoms with Gasteiger partial charge in [-0.25, -0.2) is 0 Å². The van der Waals surface area contributed by atoms with Gasteiger partial charge in [-0.15, -0.1) is 0 Å². The van der Waals surface area contributed by atoms with Crippen molar-refractivity contribution in [1.82, 2.24) is 25.0 Å². The van der Waals surface area contributed by atoms with Crippen LogP contribution in [0.5, 0.6) is 5.75 Å². The standard InChI is InChI=1S/C28H29N5O2/c34-24-11-6-9-22(17-24)19-32-15-13-26-25(20-32)27(28(35)30-18-23-10-4-5-14-29-23)31-33(26)16-12-21-7-2-1-3-8-21/h1-11,14,17,34H,12-13,15-16,18-20H2,(H,30,35). The number of aromatic hydroxyl groups is 1. The fourth-order valence-corrected chi connectivity index (χ4v) is 4.60. The van der Waals surface area contributed by atoms with E-state index in [1.165, 1.54) is 5.56 Å². The van der Waals surface area contributed by atoms with Crippen LogP contribution in [0.2, 0.25) is 0 Å². The number of phenols is 1. The predicted octanol–water partition coefficient (Wildman–Crippen LogP) is 3.71. The highest BCUT2D eigenvalue weighted by Gasteiger charge is 2.28. The number of phenolic OH excluding ortho intramolecular Hbond substituents is 1. The van der Waals surface area contributed by atoms with Crippen LogP contribution in [0.4, 0.5) is 0 Å². The molecule has 5 rings (SSSR count). The summed E-state index contributed by atoms with van der Waals surface area (Å²) in [7, 11) is 0. The molecule has 0 bridgehead atoms. The lowest BCUT2D eigenvalue weighted by Crippen LogP contribution is -2.32. The SMILES string of the molecule is O=C(NCc1ccccn1)c1nn(CCc2ccccc2)c2c1CN(Cc1cccc(O)c1)CC2. The monoisotopic (exact) mass is 467 g/mol. The maximum Gasteiger partial charge on any atom is 0.272 e. The Bertz CT molecular complexity index is 1290. The highest BCUT2D eigenvalue weighted by molar-refractivity contribution is 5.94. The Balaban J connectivity index is 1.36. The van der Waals surface area contributed by atoms with Crippen LogP contribution >= 0.6 is 0 Å². The van der Waals surface area contributed by atoms with Crippen LogP contribution < -0.4 is 5.32 Å². The summed E-state index contributed by atoms with van der Waals surface area (Å²) in [5, 5.41) is 17.6. The van der Waals surface area contributed by atoms with E-state index >= 15 is 0 Å². The summed E-state index contributed by atoms with van der Waals surface area (Å²) in [6.45, 7) is 3.31. The molecule has 2 aromatic heterocycles. The van der Waals surface area contributed by atoms with Gasteiger partial charge < -0.3 is 10.4 Å². The average Bonchev–Trinajstić information content (AvgIpc) is 3.25. The molecule has 1 aliphatic heterocycles. The van der Waals surface area contributed by atoms with E-state index in [0.29, 0.717) is 25.3 Å². The minimum absolute atomic E-state index is 0.176. The highest BCUT2D eigenvalue weighted by atomic mass is 16.3. The third-order valence-electron chi connectivity index (χ3n) is 6.36. The second kappa shape index (κ2) is 10.5. The summed E-state index contributed by atoms with van der Waals surface area (Å²) in [4.78, 5) is 19.8. The maximum absolute atomic E-state index is 13.2. The van der Waals surface area contributed by atoms with Crippen molar-refractivity contribution in [3.63, 3.8) is 0 Å². The van der Waals surface area contributed by atoms with E-state index in [-0.39, 0.29) is 11.7 Å². The smallest absolute Gasteiger partial charge is 0.272 e. The van der Waals surface area contributed by atoms with E-state index in [0.717, 1.165) is 48.4 Å². The Morgan fingerprint density at radius 1 is 1.00 bits per heavy atom. The minimum atomic E-state index is -0.176. The van der Waals surface area contributed by atoms with Crippen LogP contribution in [-0.4, -0.2) is 37.2 Å². The number of fused-ring (bicyclic) bond motifs is 1. The van der Waals surface area contributed by atoms with Crippen LogP contribution in [0.3, 0.4) is 0 Å². The number of aromatic nitrogens is 3. The topological polar surface area (TPSA) is 83.3 Å². The molecule has 0 saturated heterocycles. The molecule has 0 atom stereocenters. The van der Waals surface area contributed by atoms with Gasteiger partial charge >= 0.3 is 0 Å². The molecule has 0 radical (unpaired) electrons. The van der Waals surface area contributed by atoms with Gasteiger partial charge in [0.2, 0.25) is 0 Å². The molecule has 35 heavy (non-hydrogen) atoms. The lowest BCUT2D eigenvalue weighted by atomic mass is 10.0. The van der Waals surface area contributed by atoms with Crippen molar-refractivity contribution in [2.24, 2.45) is 0 Å². The number of hydrogen-bond donors (Lipinski definition) is 2. The molecule has 0 spiro atoms. The first-order valence-corrected chi connectivity index (χ1v) is 12.0. The molecule has 2 aromatic carbocycles. The average molecular weight is 468 g/mol. The molecular formula is C28H29N5O2. The second-order valence-corrected chi connectivity index (χ2v) is 8.87. The largest absolute Gasteiger partial charge is 0.508 e. The van der Waals surface area contributed by atoms with Gasteiger partial charge in [0.25, 0.3) is 5.91 Å². The van der Waals surface area contributed by atoms with Gasteiger partial charge in [0.05, 0.1) is 12.2 Å².